The van der Waals surface area contributed by atoms with Crippen molar-refractivity contribution in [1.82, 2.24) is 0 Å². The SMILES string of the molecule is C#C[Si](CCC(F)(F)C(F)(F)C(F)(F)F)(C(C)C)C(C)C. The van der Waals surface area contributed by atoms with Crippen molar-refractivity contribution in [2.75, 3.05) is 0 Å². The molecular formula is C13H19F7Si. The van der Waals surface area contributed by atoms with Gasteiger partial charge in [-0.25, -0.2) is 0 Å². The fourth-order valence-electron chi connectivity index (χ4n) is 2.38. The second-order valence-electron chi connectivity index (χ2n) is 5.77. The molecule has 0 aliphatic heterocycles. The highest BCUT2D eigenvalue weighted by molar-refractivity contribution is 6.89. The van der Waals surface area contributed by atoms with E-state index in [0.29, 0.717) is 0 Å². The molecule has 0 spiro atoms. The topological polar surface area (TPSA) is 0 Å². The van der Waals surface area contributed by atoms with Crippen molar-refractivity contribution in [1.29, 1.82) is 0 Å². The molecule has 0 atom stereocenters. The summed E-state index contributed by atoms with van der Waals surface area (Å²) in [5.74, 6) is -11.2. The lowest BCUT2D eigenvalue weighted by Gasteiger charge is -2.36. The third kappa shape index (κ3) is 3.73. The van der Waals surface area contributed by atoms with Crippen molar-refractivity contribution in [3.05, 3.63) is 0 Å². The summed E-state index contributed by atoms with van der Waals surface area (Å²) in [5.41, 5.74) is 2.06. The number of halogens is 7. The summed E-state index contributed by atoms with van der Waals surface area (Å²) in [6.45, 7) is 6.75. The zero-order valence-corrected chi connectivity index (χ0v) is 13.3. The average Bonchev–Trinajstić information content (AvgIpc) is 2.27. The maximum Gasteiger partial charge on any atom is 0.459 e. The van der Waals surface area contributed by atoms with Gasteiger partial charge in [0.15, 0.2) is 0 Å². The molecule has 0 aliphatic rings. The Hall–Kier alpha value is -0.713. The molecule has 21 heavy (non-hydrogen) atoms. The molecule has 0 heterocycles. The van der Waals surface area contributed by atoms with E-state index < -0.39 is 38.6 Å². The second kappa shape index (κ2) is 6.19. The van der Waals surface area contributed by atoms with Crippen LogP contribution in [0.3, 0.4) is 0 Å². The van der Waals surface area contributed by atoms with Gasteiger partial charge < -0.3 is 0 Å². The van der Waals surface area contributed by atoms with Crippen LogP contribution < -0.4 is 0 Å². The summed E-state index contributed by atoms with van der Waals surface area (Å²) in [6, 6.07) is -0.475. The zero-order chi connectivity index (χ0) is 17.3. The Labute approximate surface area is 121 Å². The molecule has 0 rings (SSSR count). The van der Waals surface area contributed by atoms with E-state index in [4.69, 9.17) is 6.42 Å². The van der Waals surface area contributed by atoms with Crippen LogP contribution in [-0.2, 0) is 0 Å². The van der Waals surface area contributed by atoms with Gasteiger partial charge in [0.05, 0.1) is 0 Å². The lowest BCUT2D eigenvalue weighted by Crippen LogP contribution is -2.53. The minimum atomic E-state index is -6.29. The predicted octanol–water partition coefficient (Wildman–Crippen LogP) is 5.65. The monoisotopic (exact) mass is 336 g/mol. The Balaban J connectivity index is 5.36. The van der Waals surface area contributed by atoms with Gasteiger partial charge in [0.2, 0.25) is 0 Å². The van der Waals surface area contributed by atoms with Crippen LogP contribution in [-0.4, -0.2) is 26.1 Å². The Morgan fingerprint density at radius 2 is 1.29 bits per heavy atom. The van der Waals surface area contributed by atoms with Crippen LogP contribution in [0.4, 0.5) is 30.7 Å². The normalized spacial score (nSPS) is 14.7. The number of alkyl halides is 7. The number of terminal acetylenes is 1. The van der Waals surface area contributed by atoms with E-state index >= 15 is 0 Å². The smallest absolute Gasteiger partial charge is 0.200 e. The highest BCUT2D eigenvalue weighted by Crippen LogP contribution is 2.50. The van der Waals surface area contributed by atoms with E-state index in [0.717, 1.165) is 0 Å². The van der Waals surface area contributed by atoms with Crippen molar-refractivity contribution < 1.29 is 30.7 Å². The minimum absolute atomic E-state index is 0.196. The van der Waals surface area contributed by atoms with Crippen LogP contribution in [0.5, 0.6) is 0 Å². The third-order valence-corrected chi connectivity index (χ3v) is 9.73. The summed E-state index contributed by atoms with van der Waals surface area (Å²) < 4.78 is 88.8. The minimum Gasteiger partial charge on any atom is -0.200 e. The van der Waals surface area contributed by atoms with E-state index in [1.807, 2.05) is 0 Å². The summed E-state index contributed by atoms with van der Waals surface area (Å²) in [6.07, 6.45) is -2.46. The molecule has 0 fully saturated rings. The molecule has 0 saturated carbocycles. The van der Waals surface area contributed by atoms with Gasteiger partial charge in [-0.2, -0.15) is 30.7 Å². The third-order valence-electron chi connectivity index (χ3n) is 4.00. The Bertz CT molecular complexity index is 382. The van der Waals surface area contributed by atoms with Gasteiger partial charge in [-0.05, 0) is 17.1 Å². The van der Waals surface area contributed by atoms with Crippen LogP contribution in [0.15, 0.2) is 0 Å². The van der Waals surface area contributed by atoms with Gasteiger partial charge in [0.1, 0.15) is 8.07 Å². The van der Waals surface area contributed by atoms with E-state index in [1.54, 1.807) is 27.7 Å². The molecule has 0 saturated heterocycles. The first-order valence-electron chi connectivity index (χ1n) is 6.46. The fourth-order valence-corrected chi connectivity index (χ4v) is 6.40. The first-order valence-corrected chi connectivity index (χ1v) is 8.82. The standard InChI is InChI=1S/C13H19F7Si/c1-6-21(9(2)3,10(4)5)8-7-11(14,15)12(16,17)13(18,19)20/h1,9-10H,7-8H2,2-5H3. The molecule has 0 N–H and O–H groups in total. The fraction of sp³-hybridized carbons (Fsp3) is 0.846. The van der Waals surface area contributed by atoms with Crippen molar-refractivity contribution in [2.24, 2.45) is 0 Å². The zero-order valence-electron chi connectivity index (χ0n) is 12.3. The highest BCUT2D eigenvalue weighted by atomic mass is 28.3. The first-order chi connectivity index (χ1) is 9.15. The quantitative estimate of drug-likeness (QED) is 0.334. The molecule has 0 unspecified atom stereocenters. The molecule has 124 valence electrons. The summed E-state index contributed by atoms with van der Waals surface area (Å²) in [4.78, 5) is 0. The molecule has 0 amide bonds. The van der Waals surface area contributed by atoms with Gasteiger partial charge in [0.25, 0.3) is 0 Å². The molecule has 0 aromatic rings. The van der Waals surface area contributed by atoms with Crippen molar-refractivity contribution in [2.45, 2.75) is 69.3 Å². The van der Waals surface area contributed by atoms with Gasteiger partial charge in [-0.3, -0.25) is 0 Å². The highest BCUT2D eigenvalue weighted by Gasteiger charge is 2.72. The lowest BCUT2D eigenvalue weighted by atomic mass is 10.1. The molecule has 0 bridgehead atoms. The van der Waals surface area contributed by atoms with E-state index in [1.165, 1.54) is 0 Å². The van der Waals surface area contributed by atoms with Gasteiger partial charge in [-0.1, -0.05) is 27.7 Å². The van der Waals surface area contributed by atoms with Gasteiger partial charge >= 0.3 is 18.0 Å². The number of rotatable bonds is 6. The summed E-state index contributed by atoms with van der Waals surface area (Å²) in [5, 5.41) is 0. The predicted molar refractivity (Wildman–Crippen MR) is 70.2 cm³/mol. The maximum atomic E-state index is 13.4. The van der Waals surface area contributed by atoms with E-state index in [2.05, 4.69) is 5.54 Å². The molecule has 8 heteroatoms. The van der Waals surface area contributed by atoms with Crippen LogP contribution in [0.2, 0.25) is 17.1 Å². The van der Waals surface area contributed by atoms with Crippen molar-refractivity contribution in [3.63, 3.8) is 0 Å². The van der Waals surface area contributed by atoms with E-state index in [9.17, 15) is 30.7 Å². The second-order valence-corrected chi connectivity index (χ2v) is 10.9. The number of hydrogen-bond donors (Lipinski definition) is 0. The Morgan fingerprint density at radius 1 is 0.905 bits per heavy atom. The largest absolute Gasteiger partial charge is 0.459 e. The lowest BCUT2D eigenvalue weighted by molar-refractivity contribution is -0.354. The van der Waals surface area contributed by atoms with Crippen molar-refractivity contribution >= 4 is 8.07 Å². The van der Waals surface area contributed by atoms with Crippen molar-refractivity contribution in [3.8, 4) is 12.0 Å². The summed E-state index contributed by atoms with van der Waals surface area (Å²) >= 11 is 0. The number of hydrogen-bond acceptors (Lipinski definition) is 0. The molecule has 0 aromatic heterocycles. The Morgan fingerprint density at radius 3 is 1.52 bits per heavy atom. The average molecular weight is 336 g/mol. The Kier molecular flexibility index (Phi) is 5.98. The van der Waals surface area contributed by atoms with Crippen LogP contribution >= 0.6 is 0 Å². The molecule has 0 aliphatic carbocycles. The first kappa shape index (κ1) is 20.3. The molecule has 0 aromatic carbocycles. The van der Waals surface area contributed by atoms with Crippen LogP contribution in [0.1, 0.15) is 34.1 Å². The summed E-state index contributed by atoms with van der Waals surface area (Å²) in [7, 11) is -2.82. The maximum absolute atomic E-state index is 13.4. The van der Waals surface area contributed by atoms with Gasteiger partial charge in [0, 0.05) is 6.42 Å². The molecule has 0 radical (unpaired) electrons. The molecular weight excluding hydrogens is 317 g/mol. The van der Waals surface area contributed by atoms with Crippen LogP contribution in [0, 0.1) is 12.0 Å². The molecule has 0 nitrogen and oxygen atoms in total. The van der Waals surface area contributed by atoms with Crippen LogP contribution in [0.25, 0.3) is 0 Å². The van der Waals surface area contributed by atoms with Gasteiger partial charge in [-0.15, -0.1) is 12.0 Å². The van der Waals surface area contributed by atoms with E-state index in [-0.39, 0.29) is 11.1 Å².